The second-order valence-electron chi connectivity index (χ2n) is 5.15. The average Bonchev–Trinajstić information content (AvgIpc) is 3.15. The lowest BCUT2D eigenvalue weighted by Crippen LogP contribution is -2.38. The Bertz CT molecular complexity index is 606. The Labute approximate surface area is 147 Å². The van der Waals surface area contributed by atoms with E-state index in [4.69, 9.17) is 0 Å². The van der Waals surface area contributed by atoms with Gasteiger partial charge < -0.3 is 10.6 Å². The van der Waals surface area contributed by atoms with Crippen molar-refractivity contribution in [3.63, 3.8) is 0 Å². The molecule has 0 atom stereocenters. The van der Waals surface area contributed by atoms with E-state index in [2.05, 4.69) is 49.9 Å². The number of hydrogen-bond acceptors (Lipinski definition) is 3. The van der Waals surface area contributed by atoms with Gasteiger partial charge >= 0.3 is 0 Å². The van der Waals surface area contributed by atoms with Crippen molar-refractivity contribution in [1.29, 1.82) is 0 Å². The van der Waals surface area contributed by atoms with Gasteiger partial charge in [-0.3, -0.25) is 5.10 Å². The number of nitrogens with zero attached hydrogens (tertiary/aromatic N) is 3. The van der Waals surface area contributed by atoms with E-state index >= 15 is 0 Å². The van der Waals surface area contributed by atoms with Gasteiger partial charge in [0.25, 0.3) is 0 Å². The molecule has 3 N–H and O–H groups in total. The normalized spacial score (nSPS) is 14.3. The first-order chi connectivity index (χ1) is 10.3. The van der Waals surface area contributed by atoms with Crippen molar-refractivity contribution in [1.82, 2.24) is 25.8 Å². The van der Waals surface area contributed by atoms with Crippen molar-refractivity contribution in [2.75, 3.05) is 6.54 Å². The number of rotatable bonds is 5. The molecule has 1 aliphatic carbocycles. The highest BCUT2D eigenvalue weighted by Gasteiger charge is 2.21. The summed E-state index contributed by atoms with van der Waals surface area (Å²) in [6, 6.07) is 8.79. The van der Waals surface area contributed by atoms with Crippen molar-refractivity contribution < 1.29 is 0 Å². The molecule has 0 bridgehead atoms. The number of halogens is 1. The predicted octanol–water partition coefficient (Wildman–Crippen LogP) is 2.31. The third kappa shape index (κ3) is 4.69. The molecule has 118 valence electrons. The van der Waals surface area contributed by atoms with Crippen LogP contribution in [0.1, 0.15) is 25.3 Å². The number of aliphatic imine (C=N–C) groups is 1. The number of hydrogen-bond donors (Lipinski definition) is 3. The molecule has 0 aliphatic heterocycles. The van der Waals surface area contributed by atoms with Gasteiger partial charge in [0.2, 0.25) is 0 Å². The summed E-state index contributed by atoms with van der Waals surface area (Å²) in [5.74, 6) is 1.67. The fourth-order valence-electron chi connectivity index (χ4n) is 2.07. The number of benzene rings is 1. The van der Waals surface area contributed by atoms with Crippen LogP contribution in [0.2, 0.25) is 0 Å². The maximum atomic E-state index is 4.63. The van der Waals surface area contributed by atoms with Crippen LogP contribution in [0.15, 0.2) is 35.6 Å². The van der Waals surface area contributed by atoms with Gasteiger partial charge in [-0.15, -0.1) is 24.0 Å². The highest BCUT2D eigenvalue weighted by Crippen LogP contribution is 2.19. The quantitative estimate of drug-likeness (QED) is 0.400. The van der Waals surface area contributed by atoms with Gasteiger partial charge in [0.1, 0.15) is 6.33 Å². The summed E-state index contributed by atoms with van der Waals surface area (Å²) < 4.78 is 0. The molecule has 0 unspecified atom stereocenters. The molecule has 1 heterocycles. The molecule has 1 aliphatic rings. The molecule has 1 aromatic carbocycles. The van der Waals surface area contributed by atoms with Gasteiger partial charge in [-0.05, 0) is 31.4 Å². The zero-order valence-electron chi connectivity index (χ0n) is 12.5. The topological polar surface area (TPSA) is 78.0 Å². The smallest absolute Gasteiger partial charge is 0.191 e. The molecular formula is C15H21IN6. The standard InChI is InChI=1S/C15H20N6.HI/c1-2-16-15(20-13-6-7-13)17-9-11-4-3-5-12(8-11)14-18-10-19-21-14;/h3-5,8,10,13H,2,6-7,9H2,1H3,(H2,16,17,20)(H,18,19,21);1H. The highest BCUT2D eigenvalue weighted by atomic mass is 127. The van der Waals surface area contributed by atoms with Gasteiger partial charge in [0, 0.05) is 18.2 Å². The first-order valence-corrected chi connectivity index (χ1v) is 7.34. The minimum atomic E-state index is 0. The van der Waals surface area contributed by atoms with Crippen molar-refractivity contribution in [3.8, 4) is 11.4 Å². The molecule has 1 aromatic heterocycles. The molecule has 2 aromatic rings. The second-order valence-corrected chi connectivity index (χ2v) is 5.15. The monoisotopic (exact) mass is 412 g/mol. The first-order valence-electron chi connectivity index (χ1n) is 7.34. The maximum Gasteiger partial charge on any atom is 0.191 e. The fraction of sp³-hybridized carbons (Fsp3) is 0.400. The van der Waals surface area contributed by atoms with E-state index in [1.807, 2.05) is 12.1 Å². The molecule has 22 heavy (non-hydrogen) atoms. The molecular weight excluding hydrogens is 391 g/mol. The van der Waals surface area contributed by atoms with Gasteiger partial charge in [-0.1, -0.05) is 18.2 Å². The average molecular weight is 412 g/mol. The van der Waals surface area contributed by atoms with Crippen molar-refractivity contribution in [3.05, 3.63) is 36.2 Å². The molecule has 6 nitrogen and oxygen atoms in total. The van der Waals surface area contributed by atoms with Crippen molar-refractivity contribution in [2.45, 2.75) is 32.4 Å². The summed E-state index contributed by atoms with van der Waals surface area (Å²) in [4.78, 5) is 8.81. The predicted molar refractivity (Wildman–Crippen MR) is 98.2 cm³/mol. The summed E-state index contributed by atoms with van der Waals surface area (Å²) >= 11 is 0. The van der Waals surface area contributed by atoms with Crippen LogP contribution in [0.25, 0.3) is 11.4 Å². The Morgan fingerprint density at radius 3 is 2.95 bits per heavy atom. The minimum Gasteiger partial charge on any atom is -0.357 e. The number of aromatic nitrogens is 3. The lowest BCUT2D eigenvalue weighted by molar-refractivity contribution is 0.812. The zero-order valence-corrected chi connectivity index (χ0v) is 14.9. The zero-order chi connectivity index (χ0) is 14.5. The van der Waals surface area contributed by atoms with E-state index < -0.39 is 0 Å². The minimum absolute atomic E-state index is 0. The van der Waals surface area contributed by atoms with E-state index in [9.17, 15) is 0 Å². The van der Waals surface area contributed by atoms with Crippen LogP contribution >= 0.6 is 24.0 Å². The van der Waals surface area contributed by atoms with Crippen LogP contribution in [0.3, 0.4) is 0 Å². The Hall–Kier alpha value is -1.64. The van der Waals surface area contributed by atoms with Crippen LogP contribution < -0.4 is 10.6 Å². The first kappa shape index (κ1) is 16.7. The molecule has 7 heteroatoms. The largest absolute Gasteiger partial charge is 0.357 e. The summed E-state index contributed by atoms with van der Waals surface area (Å²) in [7, 11) is 0. The Balaban J connectivity index is 0.00000176. The van der Waals surface area contributed by atoms with Crippen LogP contribution in [0.4, 0.5) is 0 Å². The van der Waals surface area contributed by atoms with Crippen LogP contribution in [0, 0.1) is 0 Å². The van der Waals surface area contributed by atoms with Gasteiger partial charge in [-0.2, -0.15) is 5.10 Å². The molecule has 0 amide bonds. The number of H-pyrrole nitrogens is 1. The number of guanidine groups is 1. The molecule has 0 spiro atoms. The van der Waals surface area contributed by atoms with Gasteiger partial charge in [0.05, 0.1) is 6.54 Å². The van der Waals surface area contributed by atoms with E-state index in [1.54, 1.807) is 0 Å². The second kappa shape index (κ2) is 8.11. The van der Waals surface area contributed by atoms with Crippen molar-refractivity contribution in [2.24, 2.45) is 4.99 Å². The number of aromatic amines is 1. The Kier molecular flexibility index (Phi) is 6.17. The Morgan fingerprint density at radius 2 is 2.27 bits per heavy atom. The molecule has 0 radical (unpaired) electrons. The fourth-order valence-corrected chi connectivity index (χ4v) is 2.07. The number of nitrogens with one attached hydrogen (secondary N) is 3. The lowest BCUT2D eigenvalue weighted by Gasteiger charge is -2.10. The summed E-state index contributed by atoms with van der Waals surface area (Å²) in [6.07, 6.45) is 4.00. The summed E-state index contributed by atoms with van der Waals surface area (Å²) in [6.45, 7) is 3.59. The van der Waals surface area contributed by atoms with Gasteiger partial charge in [0.15, 0.2) is 11.8 Å². The molecule has 1 saturated carbocycles. The molecule has 1 fully saturated rings. The third-order valence-electron chi connectivity index (χ3n) is 3.30. The van der Waals surface area contributed by atoms with Gasteiger partial charge in [-0.25, -0.2) is 9.98 Å². The van der Waals surface area contributed by atoms with Crippen LogP contribution in [0.5, 0.6) is 0 Å². The van der Waals surface area contributed by atoms with E-state index in [0.717, 1.165) is 29.5 Å². The van der Waals surface area contributed by atoms with Crippen LogP contribution in [-0.4, -0.2) is 33.7 Å². The lowest BCUT2D eigenvalue weighted by atomic mass is 10.1. The molecule has 0 saturated heterocycles. The molecule has 3 rings (SSSR count). The van der Waals surface area contributed by atoms with E-state index in [-0.39, 0.29) is 24.0 Å². The Morgan fingerprint density at radius 1 is 1.41 bits per heavy atom. The summed E-state index contributed by atoms with van der Waals surface area (Å²) in [5, 5.41) is 13.5. The maximum absolute atomic E-state index is 4.63. The van der Waals surface area contributed by atoms with E-state index in [0.29, 0.717) is 12.6 Å². The summed E-state index contributed by atoms with van der Waals surface area (Å²) in [5.41, 5.74) is 2.18. The van der Waals surface area contributed by atoms with Crippen molar-refractivity contribution >= 4 is 29.9 Å². The third-order valence-corrected chi connectivity index (χ3v) is 3.30. The highest BCUT2D eigenvalue weighted by molar-refractivity contribution is 14.0. The van der Waals surface area contributed by atoms with E-state index in [1.165, 1.54) is 19.2 Å². The van der Waals surface area contributed by atoms with Crippen LogP contribution in [-0.2, 0) is 6.54 Å². The SMILES string of the molecule is CCNC(=NCc1cccc(-c2ncn[nH]2)c1)NC1CC1.I.